The van der Waals surface area contributed by atoms with Gasteiger partial charge in [0.2, 0.25) is 0 Å². The number of rotatable bonds is 5. The molecule has 4 heteroatoms. The maximum absolute atomic E-state index is 5.60. The second-order valence-corrected chi connectivity index (χ2v) is 6.85. The van der Waals surface area contributed by atoms with Crippen molar-refractivity contribution < 1.29 is 0 Å². The van der Waals surface area contributed by atoms with Crippen LogP contribution >= 0.6 is 27.3 Å². The van der Waals surface area contributed by atoms with E-state index in [0.29, 0.717) is 6.04 Å². The van der Waals surface area contributed by atoms with Gasteiger partial charge in [-0.05, 0) is 46.8 Å². The van der Waals surface area contributed by atoms with Crippen LogP contribution in [0.1, 0.15) is 30.6 Å². The Morgan fingerprint density at radius 1 is 1.53 bits per heavy atom. The van der Waals surface area contributed by atoms with Gasteiger partial charge in [0.25, 0.3) is 0 Å². The predicted molar refractivity (Wildman–Crippen MR) is 68.8 cm³/mol. The Morgan fingerprint density at radius 2 is 2.33 bits per heavy atom. The topological polar surface area (TPSA) is 38.0 Å². The summed E-state index contributed by atoms with van der Waals surface area (Å²) in [4.78, 5) is 1.41. The Morgan fingerprint density at radius 3 is 2.80 bits per heavy atom. The first-order valence-corrected chi connectivity index (χ1v) is 7.09. The Bertz CT molecular complexity index is 309. The summed E-state index contributed by atoms with van der Waals surface area (Å²) in [5.74, 6) is 6.51. The van der Waals surface area contributed by atoms with Crippen molar-refractivity contribution in [3.8, 4) is 0 Å². The number of hydrogen-bond acceptors (Lipinski definition) is 3. The largest absolute Gasteiger partial charge is 0.271 e. The van der Waals surface area contributed by atoms with Gasteiger partial charge in [-0.1, -0.05) is 19.3 Å². The maximum atomic E-state index is 5.60. The quantitative estimate of drug-likeness (QED) is 0.646. The highest BCUT2D eigenvalue weighted by molar-refractivity contribution is 9.11. The Balaban J connectivity index is 1.84. The molecule has 1 aliphatic rings. The maximum Gasteiger partial charge on any atom is 0.0701 e. The van der Waals surface area contributed by atoms with Crippen molar-refractivity contribution in [3.63, 3.8) is 0 Å². The first-order valence-electron chi connectivity index (χ1n) is 5.48. The van der Waals surface area contributed by atoms with E-state index in [1.54, 1.807) is 11.3 Å². The van der Waals surface area contributed by atoms with Crippen LogP contribution in [0, 0.1) is 5.92 Å². The zero-order valence-electron chi connectivity index (χ0n) is 8.71. The van der Waals surface area contributed by atoms with Crippen LogP contribution in [0.2, 0.25) is 0 Å². The molecular weight excluding hydrogens is 272 g/mol. The molecule has 1 aromatic rings. The van der Waals surface area contributed by atoms with Crippen molar-refractivity contribution in [1.29, 1.82) is 0 Å². The fourth-order valence-electron chi connectivity index (χ4n) is 2.05. The smallest absolute Gasteiger partial charge is 0.0701 e. The van der Waals surface area contributed by atoms with Gasteiger partial charge in [0, 0.05) is 10.9 Å². The van der Waals surface area contributed by atoms with Crippen molar-refractivity contribution in [2.75, 3.05) is 0 Å². The third-order valence-corrected chi connectivity index (χ3v) is 4.80. The summed E-state index contributed by atoms with van der Waals surface area (Å²) in [6.45, 7) is 0. The second-order valence-electron chi connectivity index (χ2n) is 4.31. The summed E-state index contributed by atoms with van der Waals surface area (Å²) in [6.07, 6.45) is 6.49. The Labute approximate surface area is 103 Å². The van der Waals surface area contributed by atoms with Crippen LogP contribution in [0.15, 0.2) is 15.9 Å². The standard InChI is InChI=1S/C11H17BrN2S/c12-11-5-4-10(15-11)7-9(14-13)6-8-2-1-3-8/h4-5,8-9,14H,1-3,6-7,13H2. The summed E-state index contributed by atoms with van der Waals surface area (Å²) in [5.41, 5.74) is 2.95. The number of hydrazine groups is 1. The van der Waals surface area contributed by atoms with Gasteiger partial charge in [-0.25, -0.2) is 0 Å². The van der Waals surface area contributed by atoms with Crippen molar-refractivity contribution in [2.24, 2.45) is 11.8 Å². The lowest BCUT2D eigenvalue weighted by Crippen LogP contribution is -2.39. The number of nitrogens with one attached hydrogen (secondary N) is 1. The van der Waals surface area contributed by atoms with Crippen LogP contribution in [0.5, 0.6) is 0 Å². The van der Waals surface area contributed by atoms with Crippen LogP contribution in [0.3, 0.4) is 0 Å². The van der Waals surface area contributed by atoms with E-state index in [1.807, 2.05) is 0 Å². The molecule has 15 heavy (non-hydrogen) atoms. The van der Waals surface area contributed by atoms with E-state index in [-0.39, 0.29) is 0 Å². The average Bonchev–Trinajstić information content (AvgIpc) is 2.55. The van der Waals surface area contributed by atoms with E-state index < -0.39 is 0 Å². The lowest BCUT2D eigenvalue weighted by atomic mass is 9.80. The molecule has 0 bridgehead atoms. The van der Waals surface area contributed by atoms with E-state index >= 15 is 0 Å². The molecule has 1 atom stereocenters. The molecule has 0 aromatic carbocycles. The third kappa shape index (κ3) is 3.28. The van der Waals surface area contributed by atoms with Crippen LogP contribution in [0.25, 0.3) is 0 Å². The number of hydrogen-bond donors (Lipinski definition) is 2. The summed E-state index contributed by atoms with van der Waals surface area (Å²) in [5, 5.41) is 0. The molecule has 2 nitrogen and oxygen atoms in total. The summed E-state index contributed by atoms with van der Waals surface area (Å²) < 4.78 is 1.21. The molecule has 0 spiro atoms. The lowest BCUT2D eigenvalue weighted by molar-refractivity contribution is 0.260. The van der Waals surface area contributed by atoms with Gasteiger partial charge >= 0.3 is 0 Å². The Hall–Kier alpha value is 0.1000. The molecule has 0 saturated heterocycles. The van der Waals surface area contributed by atoms with Crippen molar-refractivity contribution >= 4 is 27.3 Å². The van der Waals surface area contributed by atoms with Gasteiger partial charge in [0.1, 0.15) is 0 Å². The first-order chi connectivity index (χ1) is 7.28. The van der Waals surface area contributed by atoms with Crippen LogP contribution in [0.4, 0.5) is 0 Å². The van der Waals surface area contributed by atoms with Crippen LogP contribution in [-0.2, 0) is 6.42 Å². The van der Waals surface area contributed by atoms with E-state index in [0.717, 1.165) is 12.3 Å². The third-order valence-electron chi connectivity index (χ3n) is 3.15. The fourth-order valence-corrected chi connectivity index (χ4v) is 3.61. The predicted octanol–water partition coefficient (Wildman–Crippen LogP) is 3.08. The molecule has 0 aliphatic heterocycles. The molecule has 1 aromatic heterocycles. The number of halogens is 1. The minimum atomic E-state index is 0.445. The molecule has 1 saturated carbocycles. The molecule has 84 valence electrons. The number of thiophene rings is 1. The van der Waals surface area contributed by atoms with Crippen molar-refractivity contribution in [1.82, 2.24) is 5.43 Å². The van der Waals surface area contributed by atoms with Gasteiger partial charge < -0.3 is 0 Å². The normalized spacial score (nSPS) is 18.8. The summed E-state index contributed by atoms with van der Waals surface area (Å²) in [6, 6.07) is 4.73. The lowest BCUT2D eigenvalue weighted by Gasteiger charge is -2.29. The molecule has 3 N–H and O–H groups in total. The SMILES string of the molecule is NNC(Cc1ccc(Br)s1)CC1CCC1. The van der Waals surface area contributed by atoms with Gasteiger partial charge in [-0.15, -0.1) is 11.3 Å². The minimum Gasteiger partial charge on any atom is -0.271 e. The Kier molecular flexibility index (Phi) is 4.20. The summed E-state index contributed by atoms with van der Waals surface area (Å²) in [7, 11) is 0. The van der Waals surface area contributed by atoms with Crippen molar-refractivity contribution in [3.05, 3.63) is 20.8 Å². The van der Waals surface area contributed by atoms with E-state index in [1.165, 1.54) is 34.3 Å². The fraction of sp³-hybridized carbons (Fsp3) is 0.636. The molecule has 1 aliphatic carbocycles. The van der Waals surface area contributed by atoms with Crippen molar-refractivity contribution in [2.45, 2.75) is 38.1 Å². The average molecular weight is 289 g/mol. The molecule has 0 amide bonds. The van der Waals surface area contributed by atoms with E-state index in [9.17, 15) is 0 Å². The monoisotopic (exact) mass is 288 g/mol. The molecule has 2 rings (SSSR count). The molecule has 1 heterocycles. The van der Waals surface area contributed by atoms with Gasteiger partial charge in [0.05, 0.1) is 3.79 Å². The zero-order chi connectivity index (χ0) is 10.7. The van der Waals surface area contributed by atoms with Gasteiger partial charge in [-0.3, -0.25) is 11.3 Å². The highest BCUT2D eigenvalue weighted by Crippen LogP contribution is 2.31. The highest BCUT2D eigenvalue weighted by atomic mass is 79.9. The van der Waals surface area contributed by atoms with Gasteiger partial charge in [0.15, 0.2) is 0 Å². The summed E-state index contributed by atoms with van der Waals surface area (Å²) >= 11 is 5.29. The van der Waals surface area contributed by atoms with E-state index in [2.05, 4.69) is 33.5 Å². The second kappa shape index (κ2) is 5.43. The van der Waals surface area contributed by atoms with Crippen LogP contribution < -0.4 is 11.3 Å². The molecule has 1 fully saturated rings. The first kappa shape index (κ1) is 11.6. The molecular formula is C11H17BrN2S. The highest BCUT2D eigenvalue weighted by Gasteiger charge is 2.21. The van der Waals surface area contributed by atoms with Gasteiger partial charge in [-0.2, -0.15) is 0 Å². The zero-order valence-corrected chi connectivity index (χ0v) is 11.1. The van der Waals surface area contributed by atoms with E-state index in [4.69, 9.17) is 5.84 Å². The minimum absolute atomic E-state index is 0.445. The molecule has 0 radical (unpaired) electrons. The number of nitrogens with two attached hydrogens (primary N) is 1. The van der Waals surface area contributed by atoms with Crippen LogP contribution in [-0.4, -0.2) is 6.04 Å². The molecule has 1 unspecified atom stereocenters.